The molecule has 0 aromatic carbocycles. The number of imidazole rings is 1. The van der Waals surface area contributed by atoms with E-state index < -0.39 is 10.0 Å². The number of aliphatic hydroxyl groups excluding tert-OH is 1. The molecule has 0 aliphatic carbocycles. The molecule has 7 nitrogen and oxygen atoms in total. The van der Waals surface area contributed by atoms with Gasteiger partial charge in [-0.3, -0.25) is 0 Å². The summed E-state index contributed by atoms with van der Waals surface area (Å²) in [4.78, 5) is 4.06. The van der Waals surface area contributed by atoms with E-state index in [9.17, 15) is 13.5 Å². The van der Waals surface area contributed by atoms with Gasteiger partial charge in [0.05, 0.1) is 17.8 Å². The number of nitrogens with zero attached hydrogens (tertiary/aromatic N) is 3. The Hall–Kier alpha value is -1.64. The van der Waals surface area contributed by atoms with E-state index in [1.54, 1.807) is 27.9 Å². The first kappa shape index (κ1) is 14.8. The van der Waals surface area contributed by atoms with Crippen LogP contribution in [0.15, 0.2) is 35.9 Å². The zero-order valence-electron chi connectivity index (χ0n) is 11.2. The fraction of sp³-hybridized carbons (Fsp3) is 0.417. The summed E-state index contributed by atoms with van der Waals surface area (Å²) >= 11 is 0. The van der Waals surface area contributed by atoms with Crippen molar-refractivity contribution in [1.29, 1.82) is 0 Å². The molecular weight excluding hydrogens is 280 g/mol. The van der Waals surface area contributed by atoms with E-state index >= 15 is 0 Å². The van der Waals surface area contributed by atoms with Crippen LogP contribution in [0.2, 0.25) is 0 Å². The number of hydrogen-bond donors (Lipinski definition) is 2. The quantitative estimate of drug-likeness (QED) is 0.763. The average Bonchev–Trinajstić information content (AvgIpc) is 3.07. The highest BCUT2D eigenvalue weighted by atomic mass is 32.2. The van der Waals surface area contributed by atoms with Crippen LogP contribution < -0.4 is 4.72 Å². The second kappa shape index (κ2) is 6.21. The van der Waals surface area contributed by atoms with Crippen LogP contribution in [-0.2, 0) is 29.7 Å². The van der Waals surface area contributed by atoms with Crippen molar-refractivity contribution >= 4 is 10.0 Å². The highest BCUT2D eigenvalue weighted by Gasteiger charge is 2.17. The maximum atomic E-state index is 12.1. The molecular formula is C12H18N4O3S. The first-order valence-electron chi connectivity index (χ1n) is 6.32. The number of aromatic nitrogens is 3. The van der Waals surface area contributed by atoms with Gasteiger partial charge in [-0.05, 0) is 13.0 Å². The Bertz CT molecular complexity index is 625. The molecule has 0 saturated heterocycles. The predicted octanol–water partition coefficient (Wildman–Crippen LogP) is 0.175. The van der Waals surface area contributed by atoms with E-state index in [2.05, 4.69) is 9.71 Å². The second-order valence-corrected chi connectivity index (χ2v) is 6.08. The number of hydrogen-bond acceptors (Lipinski definition) is 4. The third-order valence-electron chi connectivity index (χ3n) is 3.00. The summed E-state index contributed by atoms with van der Waals surface area (Å²) in [6.45, 7) is 3.12. The summed E-state index contributed by atoms with van der Waals surface area (Å²) in [5.74, 6) is 0. The van der Waals surface area contributed by atoms with E-state index in [-0.39, 0.29) is 18.0 Å². The van der Waals surface area contributed by atoms with Crippen molar-refractivity contribution in [2.45, 2.75) is 31.5 Å². The van der Waals surface area contributed by atoms with Crippen LogP contribution in [0.25, 0.3) is 0 Å². The molecule has 2 N–H and O–H groups in total. The molecule has 20 heavy (non-hydrogen) atoms. The number of sulfonamides is 1. The van der Waals surface area contributed by atoms with Gasteiger partial charge in [-0.15, -0.1) is 0 Å². The molecule has 0 radical (unpaired) electrons. The predicted molar refractivity (Wildman–Crippen MR) is 73.4 cm³/mol. The Morgan fingerprint density at radius 3 is 2.80 bits per heavy atom. The van der Waals surface area contributed by atoms with Crippen molar-refractivity contribution in [1.82, 2.24) is 18.8 Å². The number of rotatable bonds is 7. The van der Waals surface area contributed by atoms with Crippen LogP contribution in [0, 0.1) is 0 Å². The Kier molecular flexibility index (Phi) is 4.58. The van der Waals surface area contributed by atoms with Crippen LogP contribution in [0.5, 0.6) is 0 Å². The van der Waals surface area contributed by atoms with Gasteiger partial charge < -0.3 is 14.2 Å². The summed E-state index contributed by atoms with van der Waals surface area (Å²) < 4.78 is 30.3. The molecule has 0 bridgehead atoms. The van der Waals surface area contributed by atoms with Crippen molar-refractivity contribution in [3.8, 4) is 0 Å². The SMILES string of the molecule is CCn1cc(S(=O)(=O)NCCn2ccnc2)cc1CO. The van der Waals surface area contributed by atoms with Gasteiger partial charge in [0.25, 0.3) is 0 Å². The average molecular weight is 298 g/mol. The molecule has 110 valence electrons. The first-order chi connectivity index (χ1) is 9.56. The molecule has 2 heterocycles. The highest BCUT2D eigenvalue weighted by Crippen LogP contribution is 2.14. The summed E-state index contributed by atoms with van der Waals surface area (Å²) in [5, 5.41) is 9.18. The lowest BCUT2D eigenvalue weighted by atomic mass is 10.4. The minimum absolute atomic E-state index is 0.175. The van der Waals surface area contributed by atoms with Crippen LogP contribution in [0.3, 0.4) is 0 Å². The summed E-state index contributed by atoms with van der Waals surface area (Å²) in [5.41, 5.74) is 0.586. The van der Waals surface area contributed by atoms with Gasteiger partial charge in [0.1, 0.15) is 0 Å². The van der Waals surface area contributed by atoms with Crippen molar-refractivity contribution in [2.24, 2.45) is 0 Å². The monoisotopic (exact) mass is 298 g/mol. The van der Waals surface area contributed by atoms with Crippen molar-refractivity contribution in [3.05, 3.63) is 36.7 Å². The summed E-state index contributed by atoms with van der Waals surface area (Å²) in [6, 6.07) is 1.49. The van der Waals surface area contributed by atoms with Crippen molar-refractivity contribution < 1.29 is 13.5 Å². The van der Waals surface area contributed by atoms with E-state index in [1.165, 1.54) is 12.3 Å². The van der Waals surface area contributed by atoms with Crippen molar-refractivity contribution in [3.63, 3.8) is 0 Å². The Morgan fingerprint density at radius 2 is 2.25 bits per heavy atom. The Labute approximate surface area is 117 Å². The highest BCUT2D eigenvalue weighted by molar-refractivity contribution is 7.89. The van der Waals surface area contributed by atoms with E-state index in [4.69, 9.17) is 0 Å². The zero-order chi connectivity index (χ0) is 14.6. The molecule has 0 spiro atoms. The lowest BCUT2D eigenvalue weighted by molar-refractivity contribution is 0.271. The van der Waals surface area contributed by atoms with Crippen LogP contribution >= 0.6 is 0 Å². The standard InChI is InChI=1S/C12H18N4O3S/c1-2-16-8-12(7-11(16)9-17)20(18,19)14-4-6-15-5-3-13-10-15/h3,5,7-8,10,14,17H,2,4,6,9H2,1H3. The van der Waals surface area contributed by atoms with E-state index in [1.807, 2.05) is 6.92 Å². The van der Waals surface area contributed by atoms with Gasteiger partial charge in [-0.2, -0.15) is 0 Å². The first-order valence-corrected chi connectivity index (χ1v) is 7.80. The van der Waals surface area contributed by atoms with Gasteiger partial charge in [0.2, 0.25) is 10.0 Å². The number of aliphatic hydroxyl groups is 1. The third-order valence-corrected chi connectivity index (χ3v) is 4.42. The fourth-order valence-electron chi connectivity index (χ4n) is 1.91. The van der Waals surface area contributed by atoms with Crippen LogP contribution in [0.4, 0.5) is 0 Å². The van der Waals surface area contributed by atoms with Gasteiger partial charge in [-0.1, -0.05) is 0 Å². The lowest BCUT2D eigenvalue weighted by Gasteiger charge is -2.05. The second-order valence-electron chi connectivity index (χ2n) is 4.31. The molecule has 0 saturated carbocycles. The lowest BCUT2D eigenvalue weighted by Crippen LogP contribution is -2.27. The van der Waals surface area contributed by atoms with E-state index in [0.29, 0.717) is 18.8 Å². The fourth-order valence-corrected chi connectivity index (χ4v) is 2.99. The smallest absolute Gasteiger partial charge is 0.242 e. The molecule has 0 amide bonds. The molecule has 0 atom stereocenters. The number of nitrogens with one attached hydrogen (secondary N) is 1. The van der Waals surface area contributed by atoms with Gasteiger partial charge >= 0.3 is 0 Å². The largest absolute Gasteiger partial charge is 0.390 e. The molecule has 0 unspecified atom stereocenters. The molecule has 0 aliphatic rings. The maximum absolute atomic E-state index is 12.1. The minimum atomic E-state index is -3.55. The molecule has 0 aliphatic heterocycles. The summed E-state index contributed by atoms with van der Waals surface area (Å²) in [6.07, 6.45) is 6.58. The van der Waals surface area contributed by atoms with Gasteiger partial charge in [0, 0.05) is 43.9 Å². The summed E-state index contributed by atoms with van der Waals surface area (Å²) in [7, 11) is -3.55. The molecule has 2 aromatic rings. The maximum Gasteiger partial charge on any atom is 0.242 e. The molecule has 2 rings (SSSR count). The van der Waals surface area contributed by atoms with Crippen LogP contribution in [-0.4, -0.2) is 34.2 Å². The molecule has 8 heteroatoms. The Morgan fingerprint density at radius 1 is 1.45 bits per heavy atom. The third kappa shape index (κ3) is 3.27. The van der Waals surface area contributed by atoms with Gasteiger partial charge in [0.15, 0.2) is 0 Å². The van der Waals surface area contributed by atoms with Gasteiger partial charge in [-0.25, -0.2) is 18.1 Å². The van der Waals surface area contributed by atoms with Crippen LogP contribution in [0.1, 0.15) is 12.6 Å². The molecule has 0 fully saturated rings. The van der Waals surface area contributed by atoms with Crippen molar-refractivity contribution in [2.75, 3.05) is 6.54 Å². The number of aryl methyl sites for hydroxylation is 1. The molecule has 2 aromatic heterocycles. The minimum Gasteiger partial charge on any atom is -0.390 e. The van der Waals surface area contributed by atoms with E-state index in [0.717, 1.165) is 0 Å². The zero-order valence-corrected chi connectivity index (χ0v) is 12.0. The Balaban J connectivity index is 2.04. The normalized spacial score (nSPS) is 11.9. The topological polar surface area (TPSA) is 89.2 Å².